The van der Waals surface area contributed by atoms with E-state index in [0.717, 1.165) is 25.9 Å². The number of carbonyl (C=O) groups excluding carboxylic acids is 1. The molecule has 1 aliphatic heterocycles. The molecule has 2 rings (SSSR count). The van der Waals surface area contributed by atoms with E-state index in [1.165, 1.54) is 11.4 Å². The number of aromatic nitrogens is 1. The van der Waals surface area contributed by atoms with Gasteiger partial charge in [-0.05, 0) is 18.8 Å². The van der Waals surface area contributed by atoms with E-state index < -0.39 is 0 Å². The summed E-state index contributed by atoms with van der Waals surface area (Å²) in [5.74, 6) is 0.789. The van der Waals surface area contributed by atoms with Gasteiger partial charge in [-0.3, -0.25) is 4.79 Å². The second-order valence-electron chi connectivity index (χ2n) is 4.72. The third-order valence-electron chi connectivity index (χ3n) is 3.34. The molecule has 1 aromatic heterocycles. The first-order valence-corrected chi connectivity index (χ1v) is 7.32. The largest absolute Gasteiger partial charge is 0.384 e. The van der Waals surface area contributed by atoms with Crippen LogP contribution in [-0.4, -0.2) is 42.6 Å². The smallest absolute Gasteiger partial charge is 0.224 e. The number of piperidine rings is 1. The van der Waals surface area contributed by atoms with Gasteiger partial charge in [0.1, 0.15) is 0 Å². The predicted octanol–water partition coefficient (Wildman–Crippen LogP) is 1.96. The third kappa shape index (κ3) is 3.78. The fourth-order valence-corrected chi connectivity index (χ4v) is 3.14. The average molecular weight is 268 g/mol. The van der Waals surface area contributed by atoms with Crippen LogP contribution in [0.25, 0.3) is 0 Å². The normalized spacial score (nSPS) is 20.1. The number of methoxy groups -OCH3 is 1. The van der Waals surface area contributed by atoms with Crippen LogP contribution in [0.3, 0.4) is 0 Å². The summed E-state index contributed by atoms with van der Waals surface area (Å²) in [6.07, 6.45) is 5.67. The first kappa shape index (κ1) is 13.5. The highest BCUT2D eigenvalue weighted by atomic mass is 32.1. The van der Waals surface area contributed by atoms with Gasteiger partial charge in [0.05, 0.1) is 18.0 Å². The first-order chi connectivity index (χ1) is 8.79. The molecule has 0 saturated carbocycles. The van der Waals surface area contributed by atoms with Crippen molar-refractivity contribution in [3.63, 3.8) is 0 Å². The third-order valence-corrected chi connectivity index (χ3v) is 4.14. The van der Waals surface area contributed by atoms with Crippen molar-refractivity contribution in [3.05, 3.63) is 16.6 Å². The zero-order valence-electron chi connectivity index (χ0n) is 10.8. The second-order valence-corrected chi connectivity index (χ2v) is 5.70. The molecule has 0 aromatic carbocycles. The summed E-state index contributed by atoms with van der Waals surface area (Å²) in [4.78, 5) is 18.2. The van der Waals surface area contributed by atoms with Crippen molar-refractivity contribution in [2.24, 2.45) is 5.92 Å². The molecule has 5 heteroatoms. The van der Waals surface area contributed by atoms with E-state index in [2.05, 4.69) is 4.98 Å². The van der Waals surface area contributed by atoms with Crippen molar-refractivity contribution in [2.75, 3.05) is 26.8 Å². The summed E-state index contributed by atoms with van der Waals surface area (Å²) in [6.45, 7) is 2.30. The van der Waals surface area contributed by atoms with E-state index in [9.17, 15) is 4.79 Å². The van der Waals surface area contributed by atoms with Crippen LogP contribution in [0.5, 0.6) is 0 Å². The van der Waals surface area contributed by atoms with Crippen molar-refractivity contribution >= 4 is 17.2 Å². The first-order valence-electron chi connectivity index (χ1n) is 6.44. The number of nitrogens with zero attached hydrogens (tertiary/aromatic N) is 2. The molecule has 18 heavy (non-hydrogen) atoms. The molecule has 1 saturated heterocycles. The molecular weight excluding hydrogens is 248 g/mol. The summed E-state index contributed by atoms with van der Waals surface area (Å²) in [7, 11) is 1.63. The maximum Gasteiger partial charge on any atom is 0.224 e. The molecule has 1 aromatic rings. The molecule has 1 amide bonds. The molecule has 0 radical (unpaired) electrons. The summed E-state index contributed by atoms with van der Waals surface area (Å²) in [6, 6.07) is 0. The lowest BCUT2D eigenvalue weighted by Gasteiger charge is -2.32. The zero-order valence-corrected chi connectivity index (χ0v) is 11.6. The highest BCUT2D eigenvalue weighted by Crippen LogP contribution is 2.22. The van der Waals surface area contributed by atoms with Crippen molar-refractivity contribution in [2.45, 2.75) is 25.7 Å². The Labute approximate surface area is 112 Å². The number of ether oxygens (including phenoxy) is 1. The van der Waals surface area contributed by atoms with E-state index in [4.69, 9.17) is 4.74 Å². The van der Waals surface area contributed by atoms with Gasteiger partial charge in [0, 0.05) is 38.2 Å². The highest BCUT2D eigenvalue weighted by Gasteiger charge is 2.23. The van der Waals surface area contributed by atoms with Crippen LogP contribution in [0.4, 0.5) is 0 Å². The van der Waals surface area contributed by atoms with Crippen LogP contribution in [0, 0.1) is 5.92 Å². The Morgan fingerprint density at radius 2 is 2.56 bits per heavy atom. The van der Waals surface area contributed by atoms with Crippen molar-refractivity contribution in [3.8, 4) is 0 Å². The average Bonchev–Trinajstić information content (AvgIpc) is 2.89. The number of hydrogen-bond acceptors (Lipinski definition) is 4. The summed E-state index contributed by atoms with van der Waals surface area (Å²) in [5.41, 5.74) is 0. The van der Waals surface area contributed by atoms with Crippen molar-refractivity contribution in [1.82, 2.24) is 9.88 Å². The quantitative estimate of drug-likeness (QED) is 0.820. The lowest BCUT2D eigenvalue weighted by Crippen LogP contribution is -2.40. The monoisotopic (exact) mass is 268 g/mol. The summed E-state index contributed by atoms with van der Waals surface area (Å²) in [5, 5.41) is 3.20. The van der Waals surface area contributed by atoms with E-state index in [1.54, 1.807) is 18.4 Å². The number of hydrogen-bond donors (Lipinski definition) is 0. The van der Waals surface area contributed by atoms with Gasteiger partial charge >= 0.3 is 0 Å². The summed E-state index contributed by atoms with van der Waals surface area (Å²) >= 11 is 1.71. The minimum absolute atomic E-state index is 0.223. The molecule has 1 atom stereocenters. The predicted molar refractivity (Wildman–Crippen MR) is 71.6 cm³/mol. The van der Waals surface area contributed by atoms with Crippen LogP contribution in [-0.2, 0) is 16.0 Å². The van der Waals surface area contributed by atoms with Gasteiger partial charge in [-0.15, -0.1) is 11.3 Å². The number of likely N-dealkylation sites (tertiary alicyclic amines) is 1. The van der Waals surface area contributed by atoms with E-state index in [-0.39, 0.29) is 5.91 Å². The lowest BCUT2D eigenvalue weighted by atomic mass is 9.95. The van der Waals surface area contributed by atoms with Gasteiger partial charge < -0.3 is 9.64 Å². The Bertz CT molecular complexity index is 367. The molecule has 1 fully saturated rings. The summed E-state index contributed by atoms with van der Waals surface area (Å²) < 4.78 is 4.96. The van der Waals surface area contributed by atoms with Crippen LogP contribution in [0.2, 0.25) is 0 Å². The minimum atomic E-state index is 0.223. The molecule has 0 aliphatic carbocycles. The molecule has 100 valence electrons. The van der Waals surface area contributed by atoms with Crippen LogP contribution < -0.4 is 0 Å². The molecular formula is C13H20N2O2S. The van der Waals surface area contributed by atoms with Crippen LogP contribution in [0.1, 0.15) is 24.3 Å². The van der Waals surface area contributed by atoms with Crippen LogP contribution >= 0.6 is 11.3 Å². The SMILES string of the molecule is COCCC(=O)N1CCCC(Cc2nccs2)C1. The standard InChI is InChI=1S/C13H20N2O2S/c1-17-7-4-13(16)15-6-2-3-11(10-15)9-12-14-5-8-18-12/h5,8,11H,2-4,6-7,9-10H2,1H3. The topological polar surface area (TPSA) is 42.4 Å². The Hall–Kier alpha value is -0.940. The molecule has 0 N–H and O–H groups in total. The highest BCUT2D eigenvalue weighted by molar-refractivity contribution is 7.09. The number of amides is 1. The molecule has 4 nitrogen and oxygen atoms in total. The lowest BCUT2D eigenvalue weighted by molar-refractivity contribution is -0.133. The van der Waals surface area contributed by atoms with Crippen LogP contribution in [0.15, 0.2) is 11.6 Å². The fraction of sp³-hybridized carbons (Fsp3) is 0.692. The van der Waals surface area contributed by atoms with E-state index in [0.29, 0.717) is 18.9 Å². The van der Waals surface area contributed by atoms with Crippen molar-refractivity contribution in [1.29, 1.82) is 0 Å². The van der Waals surface area contributed by atoms with Gasteiger partial charge in [0.15, 0.2) is 0 Å². The molecule has 1 unspecified atom stereocenters. The second kappa shape index (κ2) is 6.85. The van der Waals surface area contributed by atoms with Gasteiger partial charge in [-0.2, -0.15) is 0 Å². The Kier molecular flexibility index (Phi) is 5.13. The fourth-order valence-electron chi connectivity index (χ4n) is 2.41. The zero-order chi connectivity index (χ0) is 12.8. The Balaban J connectivity index is 1.82. The number of rotatable bonds is 5. The van der Waals surface area contributed by atoms with E-state index in [1.807, 2.05) is 16.5 Å². The van der Waals surface area contributed by atoms with Gasteiger partial charge in [0.25, 0.3) is 0 Å². The minimum Gasteiger partial charge on any atom is -0.384 e. The molecule has 0 spiro atoms. The van der Waals surface area contributed by atoms with Gasteiger partial charge in [-0.1, -0.05) is 0 Å². The number of carbonyl (C=O) groups is 1. The number of thiazole rings is 1. The van der Waals surface area contributed by atoms with Crippen molar-refractivity contribution < 1.29 is 9.53 Å². The van der Waals surface area contributed by atoms with E-state index >= 15 is 0 Å². The maximum atomic E-state index is 11.9. The maximum absolute atomic E-state index is 11.9. The molecule has 2 heterocycles. The van der Waals surface area contributed by atoms with Gasteiger partial charge in [0.2, 0.25) is 5.91 Å². The Morgan fingerprint density at radius 3 is 3.28 bits per heavy atom. The molecule has 0 bridgehead atoms. The Morgan fingerprint density at radius 1 is 1.67 bits per heavy atom. The molecule has 1 aliphatic rings. The van der Waals surface area contributed by atoms with Gasteiger partial charge in [-0.25, -0.2) is 4.98 Å².